The second-order valence-corrected chi connectivity index (χ2v) is 10.9. The summed E-state index contributed by atoms with van der Waals surface area (Å²) in [5.41, 5.74) is 2.33. The normalized spacial score (nSPS) is 17.7. The third-order valence-corrected chi connectivity index (χ3v) is 7.92. The molecule has 4 rings (SSSR count). The summed E-state index contributed by atoms with van der Waals surface area (Å²) in [6.45, 7) is 6.06. The summed E-state index contributed by atoms with van der Waals surface area (Å²) in [7, 11) is 1.75. The number of carboxylic acids is 1. The molecule has 0 atom stereocenters. The number of amides is 2. The lowest BCUT2D eigenvalue weighted by atomic mass is 9.82. The van der Waals surface area contributed by atoms with Gasteiger partial charge in [0.05, 0.1) is 18.2 Å². The number of aromatic carboxylic acids is 1. The molecule has 1 fully saturated rings. The number of benzene rings is 1. The topological polar surface area (TPSA) is 105 Å². The Kier molecular flexibility index (Phi) is 7.59. The third-order valence-electron chi connectivity index (χ3n) is 6.76. The number of nitrogens with zero attached hydrogens (tertiary/aromatic N) is 3. The average Bonchev–Trinajstić information content (AvgIpc) is 3.47. The lowest BCUT2D eigenvalue weighted by molar-refractivity contribution is -0.123. The molecule has 2 amide bonds. The molecule has 2 aromatic heterocycles. The minimum absolute atomic E-state index is 0.0111. The Bertz CT molecular complexity index is 1250. The Morgan fingerprint density at radius 3 is 2.36 bits per heavy atom. The van der Waals surface area contributed by atoms with Gasteiger partial charge in [-0.2, -0.15) is 0 Å². The molecule has 0 radical (unpaired) electrons. The zero-order valence-corrected chi connectivity index (χ0v) is 21.8. The van der Waals surface area contributed by atoms with E-state index >= 15 is 0 Å². The van der Waals surface area contributed by atoms with Gasteiger partial charge in [0.1, 0.15) is 10.6 Å². The number of aromatic nitrogens is 2. The van der Waals surface area contributed by atoms with Gasteiger partial charge < -0.3 is 19.9 Å². The second-order valence-electron chi connectivity index (χ2n) is 9.81. The smallest absolute Gasteiger partial charge is 0.348 e. The number of carbonyl (C=O) groups is 3. The number of aryl methyl sites for hydroxylation is 1. The first-order valence-corrected chi connectivity index (χ1v) is 13.1. The number of anilines is 2. The second kappa shape index (κ2) is 10.7. The molecule has 1 aliphatic carbocycles. The van der Waals surface area contributed by atoms with Gasteiger partial charge in [-0.25, -0.2) is 9.78 Å². The summed E-state index contributed by atoms with van der Waals surface area (Å²) in [6.07, 6.45) is 6.79. The quantitative estimate of drug-likeness (QED) is 0.428. The van der Waals surface area contributed by atoms with Gasteiger partial charge in [0.2, 0.25) is 5.91 Å². The van der Waals surface area contributed by atoms with E-state index in [0.717, 1.165) is 47.5 Å². The van der Waals surface area contributed by atoms with Crippen LogP contribution in [0.1, 0.15) is 66.6 Å². The molecule has 2 N–H and O–H groups in total. The van der Waals surface area contributed by atoms with Crippen molar-refractivity contribution in [2.24, 2.45) is 18.9 Å². The fourth-order valence-corrected chi connectivity index (χ4v) is 5.69. The lowest BCUT2D eigenvalue weighted by Crippen LogP contribution is -2.42. The maximum atomic E-state index is 13.5. The van der Waals surface area contributed by atoms with Gasteiger partial charge in [-0.05, 0) is 69.2 Å². The number of hydrogen-bond acceptors (Lipinski definition) is 5. The molecular formula is C27H32N4O4S. The van der Waals surface area contributed by atoms with Crippen LogP contribution in [0.2, 0.25) is 0 Å². The highest BCUT2D eigenvalue weighted by Crippen LogP contribution is 2.40. The highest BCUT2D eigenvalue weighted by molar-refractivity contribution is 7.18. The number of carbonyl (C=O) groups excluding carboxylic acids is 2. The van der Waals surface area contributed by atoms with Crippen molar-refractivity contribution in [1.82, 2.24) is 9.55 Å². The summed E-state index contributed by atoms with van der Waals surface area (Å²) < 4.78 is 1.64. The Morgan fingerprint density at radius 1 is 1.14 bits per heavy atom. The number of thiophene rings is 1. The van der Waals surface area contributed by atoms with Crippen molar-refractivity contribution < 1.29 is 19.5 Å². The Balaban J connectivity index is 1.59. The van der Waals surface area contributed by atoms with Crippen molar-refractivity contribution in [2.45, 2.75) is 52.5 Å². The van der Waals surface area contributed by atoms with Crippen LogP contribution < -0.4 is 10.2 Å². The van der Waals surface area contributed by atoms with Crippen LogP contribution in [0.15, 0.2) is 42.9 Å². The number of nitrogens with one attached hydrogen (secondary N) is 1. The van der Waals surface area contributed by atoms with E-state index in [1.165, 1.54) is 6.20 Å². The van der Waals surface area contributed by atoms with Crippen molar-refractivity contribution in [1.29, 1.82) is 0 Å². The molecule has 190 valence electrons. The Labute approximate surface area is 215 Å². The van der Waals surface area contributed by atoms with Crippen LogP contribution in [0.25, 0.3) is 10.4 Å². The molecule has 36 heavy (non-hydrogen) atoms. The molecule has 0 aliphatic heterocycles. The monoisotopic (exact) mass is 508 g/mol. The molecule has 0 unspecified atom stereocenters. The SMILES string of the molecule is CC(C)N(c1cc(-c2ccc(NC(=O)c3cncn3C)cc2)sc1C(=O)O)C(=O)[C@H]1CC[C@H](C)CC1. The number of rotatable bonds is 7. The lowest BCUT2D eigenvalue weighted by Gasteiger charge is -2.33. The summed E-state index contributed by atoms with van der Waals surface area (Å²) in [6, 6.07) is 8.87. The van der Waals surface area contributed by atoms with E-state index < -0.39 is 5.97 Å². The minimum atomic E-state index is -1.04. The summed E-state index contributed by atoms with van der Waals surface area (Å²) in [5.74, 6) is -0.747. The number of hydrogen-bond donors (Lipinski definition) is 2. The van der Waals surface area contributed by atoms with Crippen LogP contribution in [0, 0.1) is 11.8 Å². The Hall–Kier alpha value is -3.46. The molecular weight excluding hydrogens is 476 g/mol. The van der Waals surface area contributed by atoms with E-state index in [2.05, 4.69) is 17.2 Å². The number of imidazole rings is 1. The van der Waals surface area contributed by atoms with Crippen LogP contribution >= 0.6 is 11.3 Å². The number of carboxylic acid groups (broad SMARTS) is 1. The zero-order valence-electron chi connectivity index (χ0n) is 21.0. The van der Waals surface area contributed by atoms with E-state index in [1.807, 2.05) is 26.0 Å². The predicted molar refractivity (Wildman–Crippen MR) is 142 cm³/mol. The van der Waals surface area contributed by atoms with E-state index in [9.17, 15) is 19.5 Å². The van der Waals surface area contributed by atoms with Crippen molar-refractivity contribution >= 4 is 40.5 Å². The average molecular weight is 509 g/mol. The maximum absolute atomic E-state index is 13.5. The third kappa shape index (κ3) is 5.36. The standard InChI is InChI=1S/C27H32N4O4S/c1-16(2)31(26(33)19-7-5-17(3)6-8-19)21-13-23(36-24(21)27(34)35)18-9-11-20(12-10-18)29-25(32)22-14-28-15-30(22)4/h9-17,19H,5-8H2,1-4H3,(H,29,32)(H,34,35)/t17-,19-. The van der Waals surface area contributed by atoms with Gasteiger partial charge >= 0.3 is 5.97 Å². The van der Waals surface area contributed by atoms with Gasteiger partial charge in [-0.15, -0.1) is 11.3 Å². The first-order chi connectivity index (χ1) is 17.2. The largest absolute Gasteiger partial charge is 0.477 e. The zero-order chi connectivity index (χ0) is 26.0. The highest BCUT2D eigenvalue weighted by atomic mass is 32.1. The van der Waals surface area contributed by atoms with Gasteiger partial charge in [-0.3, -0.25) is 9.59 Å². The first kappa shape index (κ1) is 25.6. The molecule has 0 bridgehead atoms. The summed E-state index contributed by atoms with van der Waals surface area (Å²) in [5, 5.41) is 12.8. The van der Waals surface area contributed by atoms with Crippen molar-refractivity contribution in [3.05, 3.63) is 53.4 Å². The van der Waals surface area contributed by atoms with Crippen LogP contribution in [0.5, 0.6) is 0 Å². The van der Waals surface area contributed by atoms with E-state index in [4.69, 9.17) is 0 Å². The predicted octanol–water partition coefficient (Wildman–Crippen LogP) is 5.67. The van der Waals surface area contributed by atoms with Crippen LogP contribution in [-0.2, 0) is 11.8 Å². The van der Waals surface area contributed by atoms with E-state index in [1.54, 1.807) is 41.0 Å². The van der Waals surface area contributed by atoms with Gasteiger partial charge in [0.15, 0.2) is 0 Å². The van der Waals surface area contributed by atoms with Gasteiger partial charge in [0.25, 0.3) is 5.91 Å². The molecule has 9 heteroatoms. The van der Waals surface area contributed by atoms with Crippen LogP contribution in [-0.4, -0.2) is 38.5 Å². The van der Waals surface area contributed by atoms with Crippen molar-refractivity contribution in [2.75, 3.05) is 10.2 Å². The molecule has 2 heterocycles. The van der Waals surface area contributed by atoms with Gasteiger partial charge in [-0.1, -0.05) is 19.1 Å². The fraction of sp³-hybridized carbons (Fsp3) is 0.407. The first-order valence-electron chi connectivity index (χ1n) is 12.2. The molecule has 1 aromatic carbocycles. The molecule has 3 aromatic rings. The molecule has 1 saturated carbocycles. The summed E-state index contributed by atoms with van der Waals surface area (Å²) >= 11 is 1.16. The van der Waals surface area contributed by atoms with Crippen LogP contribution in [0.3, 0.4) is 0 Å². The Morgan fingerprint density at radius 2 is 1.81 bits per heavy atom. The molecule has 0 saturated heterocycles. The minimum Gasteiger partial charge on any atom is -0.477 e. The summed E-state index contributed by atoms with van der Waals surface area (Å²) in [4.78, 5) is 44.7. The maximum Gasteiger partial charge on any atom is 0.348 e. The molecule has 1 aliphatic rings. The fourth-order valence-electron chi connectivity index (χ4n) is 4.70. The van der Waals surface area contributed by atoms with Gasteiger partial charge in [0, 0.05) is 29.6 Å². The van der Waals surface area contributed by atoms with E-state index in [0.29, 0.717) is 23.0 Å². The van der Waals surface area contributed by atoms with E-state index in [-0.39, 0.29) is 28.7 Å². The van der Waals surface area contributed by atoms with Crippen molar-refractivity contribution in [3.8, 4) is 10.4 Å². The van der Waals surface area contributed by atoms with Crippen LogP contribution in [0.4, 0.5) is 11.4 Å². The highest BCUT2D eigenvalue weighted by Gasteiger charge is 2.33. The van der Waals surface area contributed by atoms with Crippen molar-refractivity contribution in [3.63, 3.8) is 0 Å². The molecule has 8 nitrogen and oxygen atoms in total. The molecule has 0 spiro atoms.